The zero-order valence-electron chi connectivity index (χ0n) is 11.7. The van der Waals surface area contributed by atoms with Gasteiger partial charge in [-0.15, -0.1) is 11.6 Å². The third kappa shape index (κ3) is 2.68. The van der Waals surface area contributed by atoms with Gasteiger partial charge in [-0.05, 0) is 18.9 Å². The van der Waals surface area contributed by atoms with Gasteiger partial charge in [0.15, 0.2) is 5.65 Å². The van der Waals surface area contributed by atoms with Crippen LogP contribution >= 0.6 is 11.6 Å². The van der Waals surface area contributed by atoms with Crippen molar-refractivity contribution in [3.63, 3.8) is 0 Å². The molecule has 2 aromatic heterocycles. The molecule has 0 bridgehead atoms. The van der Waals surface area contributed by atoms with Crippen LogP contribution < -0.4 is 4.74 Å². The van der Waals surface area contributed by atoms with Gasteiger partial charge in [0.2, 0.25) is 5.88 Å². The summed E-state index contributed by atoms with van der Waals surface area (Å²) in [5.74, 6) is 2.21. The fraction of sp³-hybridized carbons (Fsp3) is 0.571. The van der Waals surface area contributed by atoms with Crippen LogP contribution in [0.5, 0.6) is 5.88 Å². The van der Waals surface area contributed by atoms with Crippen LogP contribution in [0.3, 0.4) is 0 Å². The van der Waals surface area contributed by atoms with Crippen molar-refractivity contribution in [2.24, 2.45) is 0 Å². The molecule has 0 unspecified atom stereocenters. The summed E-state index contributed by atoms with van der Waals surface area (Å²) in [6.07, 6.45) is 2.86. The molecule has 0 saturated heterocycles. The number of fused-ring (bicyclic) bond motifs is 1. The molecule has 0 radical (unpaired) electrons. The molecule has 0 atom stereocenters. The number of hydrogen-bond acceptors (Lipinski definition) is 3. The summed E-state index contributed by atoms with van der Waals surface area (Å²) in [6.45, 7) is 4.37. The third-order valence-electron chi connectivity index (χ3n) is 3.42. The van der Waals surface area contributed by atoms with E-state index in [1.165, 1.54) is 0 Å². The van der Waals surface area contributed by atoms with Crippen LogP contribution in [-0.2, 0) is 6.42 Å². The number of alkyl halides is 1. The van der Waals surface area contributed by atoms with Gasteiger partial charge < -0.3 is 9.30 Å². The minimum atomic E-state index is 0.405. The van der Waals surface area contributed by atoms with Gasteiger partial charge in [-0.25, -0.2) is 4.98 Å². The number of rotatable bonds is 6. The van der Waals surface area contributed by atoms with Gasteiger partial charge in [0.25, 0.3) is 0 Å². The number of hydrogen-bond donors (Lipinski definition) is 0. The lowest BCUT2D eigenvalue weighted by atomic mass is 10.1. The standard InChI is InChI=1S/C14H20ClN3O/c1-4-10(5-2)18-12(8-9-15)16-11-6-7-13(19-3)17-14(11)18/h6-7,10H,4-5,8-9H2,1-3H3. The molecule has 2 rings (SSSR count). The summed E-state index contributed by atoms with van der Waals surface area (Å²) in [7, 11) is 1.63. The Balaban J connectivity index is 2.62. The molecule has 0 N–H and O–H groups in total. The monoisotopic (exact) mass is 281 g/mol. The highest BCUT2D eigenvalue weighted by atomic mass is 35.5. The Morgan fingerprint density at radius 3 is 2.58 bits per heavy atom. The predicted molar refractivity (Wildman–Crippen MR) is 78.1 cm³/mol. The minimum absolute atomic E-state index is 0.405. The van der Waals surface area contributed by atoms with Crippen molar-refractivity contribution in [1.29, 1.82) is 0 Å². The second-order valence-corrected chi connectivity index (χ2v) is 4.88. The molecule has 0 saturated carbocycles. The van der Waals surface area contributed by atoms with Gasteiger partial charge >= 0.3 is 0 Å². The number of aromatic nitrogens is 3. The fourth-order valence-electron chi connectivity index (χ4n) is 2.42. The summed E-state index contributed by atoms with van der Waals surface area (Å²) in [6, 6.07) is 4.21. The molecule has 4 nitrogen and oxygen atoms in total. The van der Waals surface area contributed by atoms with Gasteiger partial charge in [0, 0.05) is 24.4 Å². The van der Waals surface area contributed by atoms with E-state index >= 15 is 0 Å². The van der Waals surface area contributed by atoms with Gasteiger partial charge in [0.05, 0.1) is 7.11 Å². The van der Waals surface area contributed by atoms with Crippen LogP contribution in [0.1, 0.15) is 38.6 Å². The van der Waals surface area contributed by atoms with Gasteiger partial charge in [-0.2, -0.15) is 4.98 Å². The molecule has 0 aliphatic carbocycles. The fourth-order valence-corrected chi connectivity index (χ4v) is 2.58. The number of ether oxygens (including phenoxy) is 1. The average Bonchev–Trinajstić information content (AvgIpc) is 2.78. The maximum atomic E-state index is 5.89. The van der Waals surface area contributed by atoms with E-state index in [9.17, 15) is 0 Å². The van der Waals surface area contributed by atoms with Crippen LogP contribution in [0.4, 0.5) is 0 Å². The van der Waals surface area contributed by atoms with E-state index in [0.29, 0.717) is 17.8 Å². The van der Waals surface area contributed by atoms with E-state index in [2.05, 4.69) is 28.4 Å². The minimum Gasteiger partial charge on any atom is -0.481 e. The number of halogens is 1. The first-order chi connectivity index (χ1) is 9.24. The van der Waals surface area contributed by atoms with Gasteiger partial charge in [-0.1, -0.05) is 13.8 Å². The molecule has 104 valence electrons. The molecule has 2 heterocycles. The molecular formula is C14H20ClN3O. The lowest BCUT2D eigenvalue weighted by molar-refractivity contribution is 0.397. The molecule has 19 heavy (non-hydrogen) atoms. The first kappa shape index (κ1) is 14.1. The Hall–Kier alpha value is -1.29. The van der Waals surface area contributed by atoms with Gasteiger partial charge in [-0.3, -0.25) is 0 Å². The van der Waals surface area contributed by atoms with Gasteiger partial charge in [0.1, 0.15) is 11.3 Å². The van der Waals surface area contributed by atoms with Crippen molar-refractivity contribution in [2.75, 3.05) is 13.0 Å². The molecule has 5 heteroatoms. The van der Waals surface area contributed by atoms with E-state index in [1.54, 1.807) is 7.11 Å². The van der Waals surface area contributed by atoms with Crippen LogP contribution in [-0.4, -0.2) is 27.5 Å². The second-order valence-electron chi connectivity index (χ2n) is 4.50. The second kappa shape index (κ2) is 6.24. The average molecular weight is 282 g/mol. The topological polar surface area (TPSA) is 39.9 Å². The third-order valence-corrected chi connectivity index (χ3v) is 3.61. The normalized spacial score (nSPS) is 11.4. The zero-order chi connectivity index (χ0) is 13.8. The zero-order valence-corrected chi connectivity index (χ0v) is 12.4. The Morgan fingerprint density at radius 1 is 1.26 bits per heavy atom. The highest BCUT2D eigenvalue weighted by Gasteiger charge is 2.18. The number of imidazole rings is 1. The van der Waals surface area contributed by atoms with Crippen molar-refractivity contribution in [3.05, 3.63) is 18.0 Å². The SMILES string of the molecule is CCC(CC)n1c(CCCl)nc2ccc(OC)nc21. The molecule has 2 aromatic rings. The number of nitrogens with zero attached hydrogens (tertiary/aromatic N) is 3. The Labute approximate surface area is 118 Å². The predicted octanol–water partition coefficient (Wildman–Crippen LogP) is 3.58. The van der Waals surface area contributed by atoms with E-state index in [0.717, 1.165) is 36.3 Å². The van der Waals surface area contributed by atoms with E-state index in [-0.39, 0.29) is 0 Å². The van der Waals surface area contributed by atoms with Crippen LogP contribution in [0.15, 0.2) is 12.1 Å². The summed E-state index contributed by atoms with van der Waals surface area (Å²) in [5, 5.41) is 0. The first-order valence-corrected chi connectivity index (χ1v) is 7.26. The van der Waals surface area contributed by atoms with Crippen LogP contribution in [0.2, 0.25) is 0 Å². The summed E-state index contributed by atoms with van der Waals surface area (Å²) in [4.78, 5) is 9.20. The first-order valence-electron chi connectivity index (χ1n) is 6.72. The van der Waals surface area contributed by atoms with Crippen molar-refractivity contribution in [1.82, 2.24) is 14.5 Å². The van der Waals surface area contributed by atoms with Crippen molar-refractivity contribution in [2.45, 2.75) is 39.2 Å². The number of aryl methyl sites for hydroxylation is 1. The van der Waals surface area contributed by atoms with Crippen molar-refractivity contribution in [3.8, 4) is 5.88 Å². The quantitative estimate of drug-likeness (QED) is 0.760. The molecule has 0 aliphatic heterocycles. The van der Waals surface area contributed by atoms with E-state index in [1.807, 2.05) is 12.1 Å². The highest BCUT2D eigenvalue weighted by Crippen LogP contribution is 2.26. The Morgan fingerprint density at radius 2 is 2.00 bits per heavy atom. The molecule has 0 fully saturated rings. The van der Waals surface area contributed by atoms with Crippen LogP contribution in [0, 0.1) is 0 Å². The largest absolute Gasteiger partial charge is 0.481 e. The maximum absolute atomic E-state index is 5.89. The molecule has 0 amide bonds. The Kier molecular flexibility index (Phi) is 4.64. The summed E-state index contributed by atoms with van der Waals surface area (Å²) in [5.41, 5.74) is 1.81. The van der Waals surface area contributed by atoms with E-state index in [4.69, 9.17) is 16.3 Å². The molecular weight excluding hydrogens is 262 g/mol. The Bertz CT molecular complexity index is 549. The summed E-state index contributed by atoms with van der Waals surface area (Å²) >= 11 is 5.89. The van der Waals surface area contributed by atoms with Crippen molar-refractivity contribution < 1.29 is 4.74 Å². The lowest BCUT2D eigenvalue weighted by Crippen LogP contribution is -2.12. The molecule has 0 aromatic carbocycles. The summed E-state index contributed by atoms with van der Waals surface area (Å²) < 4.78 is 7.44. The number of pyridine rings is 1. The number of methoxy groups -OCH3 is 1. The lowest BCUT2D eigenvalue weighted by Gasteiger charge is -2.18. The maximum Gasteiger partial charge on any atom is 0.215 e. The van der Waals surface area contributed by atoms with E-state index < -0.39 is 0 Å². The molecule has 0 spiro atoms. The molecule has 0 aliphatic rings. The highest BCUT2D eigenvalue weighted by molar-refractivity contribution is 6.17. The smallest absolute Gasteiger partial charge is 0.215 e. The van der Waals surface area contributed by atoms with Crippen LogP contribution in [0.25, 0.3) is 11.2 Å². The van der Waals surface area contributed by atoms with Crippen molar-refractivity contribution >= 4 is 22.8 Å².